The summed E-state index contributed by atoms with van der Waals surface area (Å²) >= 11 is 5.25. The van der Waals surface area contributed by atoms with Crippen LogP contribution in [0.3, 0.4) is 0 Å². The summed E-state index contributed by atoms with van der Waals surface area (Å²) in [4.78, 5) is 8.75. The highest BCUT2D eigenvalue weighted by molar-refractivity contribution is 9.10. The molecule has 1 aliphatic rings. The van der Waals surface area contributed by atoms with E-state index >= 15 is 0 Å². The molecule has 1 aromatic heterocycles. The molecule has 3 rings (SSSR count). The van der Waals surface area contributed by atoms with Crippen LogP contribution in [0.2, 0.25) is 0 Å². The number of nitrogens with zero attached hydrogens (tertiary/aromatic N) is 2. The molecule has 16 heavy (non-hydrogen) atoms. The van der Waals surface area contributed by atoms with Gasteiger partial charge in [-0.2, -0.15) is 0 Å². The number of halogens is 1. The van der Waals surface area contributed by atoms with Gasteiger partial charge in [-0.15, -0.1) is 11.3 Å². The number of aliphatic imine (C=N–C) groups is 1. The summed E-state index contributed by atoms with van der Waals surface area (Å²) < 4.78 is 2.23. The molecule has 0 bridgehead atoms. The van der Waals surface area contributed by atoms with Crippen LogP contribution in [0.15, 0.2) is 27.1 Å². The van der Waals surface area contributed by atoms with Gasteiger partial charge in [-0.1, -0.05) is 0 Å². The minimum atomic E-state index is 0.943. The zero-order valence-corrected chi connectivity index (χ0v) is 10.9. The van der Waals surface area contributed by atoms with Crippen molar-refractivity contribution in [2.45, 2.75) is 12.8 Å². The van der Waals surface area contributed by atoms with E-state index in [2.05, 4.69) is 43.4 Å². The molecular weight excluding hydrogens is 286 g/mol. The van der Waals surface area contributed by atoms with Crippen LogP contribution in [0.4, 0.5) is 5.69 Å². The lowest BCUT2D eigenvalue weighted by atomic mass is 10.2. The molecule has 1 aromatic carbocycles. The third kappa shape index (κ3) is 1.74. The Hall–Kier alpha value is -0.940. The fourth-order valence-electron chi connectivity index (χ4n) is 1.79. The molecular formula is C11H10BrN3S. The quantitative estimate of drug-likeness (QED) is 0.872. The Morgan fingerprint density at radius 2 is 2.31 bits per heavy atom. The van der Waals surface area contributed by atoms with Crippen LogP contribution in [0.25, 0.3) is 10.2 Å². The molecule has 0 saturated heterocycles. The van der Waals surface area contributed by atoms with Crippen molar-refractivity contribution in [3.05, 3.63) is 22.1 Å². The SMILES string of the molecule is Brc1c(NC2=NCCC2)ccc2scnc12. The molecule has 3 nitrogen and oxygen atoms in total. The van der Waals surface area contributed by atoms with Crippen LogP contribution < -0.4 is 5.32 Å². The first-order valence-corrected chi connectivity index (χ1v) is 6.84. The molecule has 0 atom stereocenters. The van der Waals surface area contributed by atoms with Crippen molar-refractivity contribution < 1.29 is 0 Å². The van der Waals surface area contributed by atoms with Crippen LogP contribution in [-0.2, 0) is 0 Å². The third-order valence-corrected chi connectivity index (χ3v) is 4.19. The molecule has 0 spiro atoms. The lowest BCUT2D eigenvalue weighted by Crippen LogP contribution is -2.08. The van der Waals surface area contributed by atoms with Crippen molar-refractivity contribution in [1.82, 2.24) is 4.98 Å². The van der Waals surface area contributed by atoms with Gasteiger partial charge in [0.1, 0.15) is 5.84 Å². The van der Waals surface area contributed by atoms with E-state index in [0.29, 0.717) is 0 Å². The second kappa shape index (κ2) is 4.14. The van der Waals surface area contributed by atoms with Crippen LogP contribution in [0.5, 0.6) is 0 Å². The standard InChI is InChI=1S/C11H10BrN3S/c12-10-7(15-9-2-1-5-13-9)3-4-8-11(10)14-6-16-8/h3-4,6H,1-2,5H2,(H,13,15). The largest absolute Gasteiger partial charge is 0.343 e. The molecule has 0 radical (unpaired) electrons. The number of hydrogen-bond donors (Lipinski definition) is 1. The molecule has 82 valence electrons. The van der Waals surface area contributed by atoms with Gasteiger partial charge in [-0.25, -0.2) is 4.98 Å². The second-order valence-electron chi connectivity index (χ2n) is 3.68. The first-order valence-electron chi connectivity index (χ1n) is 5.16. The first kappa shape index (κ1) is 10.2. The predicted octanol–water partition coefficient (Wildman–Crippen LogP) is 3.66. The minimum Gasteiger partial charge on any atom is -0.343 e. The summed E-state index contributed by atoms with van der Waals surface area (Å²) in [5.41, 5.74) is 3.94. The van der Waals surface area contributed by atoms with E-state index < -0.39 is 0 Å². The number of anilines is 1. The van der Waals surface area contributed by atoms with Gasteiger partial charge in [0, 0.05) is 13.0 Å². The molecule has 0 aliphatic carbocycles. The minimum absolute atomic E-state index is 0.943. The number of benzene rings is 1. The lowest BCUT2D eigenvalue weighted by Gasteiger charge is -2.08. The number of thiazole rings is 1. The fourth-order valence-corrected chi connectivity index (χ4v) is 3.15. The van der Waals surface area contributed by atoms with Gasteiger partial charge < -0.3 is 5.32 Å². The van der Waals surface area contributed by atoms with Gasteiger partial charge in [0.2, 0.25) is 0 Å². The second-order valence-corrected chi connectivity index (χ2v) is 5.36. The summed E-state index contributed by atoms with van der Waals surface area (Å²) in [6, 6.07) is 4.17. The van der Waals surface area contributed by atoms with Gasteiger partial charge >= 0.3 is 0 Å². The average Bonchev–Trinajstić information content (AvgIpc) is 2.93. The Kier molecular flexibility index (Phi) is 2.65. The van der Waals surface area contributed by atoms with E-state index in [1.165, 1.54) is 4.70 Å². The van der Waals surface area contributed by atoms with Gasteiger partial charge in [0.15, 0.2) is 0 Å². The van der Waals surface area contributed by atoms with E-state index in [-0.39, 0.29) is 0 Å². The summed E-state index contributed by atoms with van der Waals surface area (Å²) in [6.07, 6.45) is 2.19. The Bertz CT molecular complexity index is 561. The van der Waals surface area contributed by atoms with E-state index in [1.807, 2.05) is 5.51 Å². The van der Waals surface area contributed by atoms with Crippen LogP contribution >= 0.6 is 27.3 Å². The maximum atomic E-state index is 4.41. The number of aromatic nitrogens is 1. The maximum absolute atomic E-state index is 4.41. The summed E-state index contributed by atoms with van der Waals surface area (Å²) in [5, 5.41) is 3.36. The van der Waals surface area contributed by atoms with Crippen molar-refractivity contribution >= 4 is 49.0 Å². The number of amidine groups is 1. The monoisotopic (exact) mass is 295 g/mol. The normalized spacial score (nSPS) is 15.4. The Morgan fingerprint density at radius 3 is 3.12 bits per heavy atom. The summed E-state index contributed by atoms with van der Waals surface area (Å²) in [6.45, 7) is 0.943. The predicted molar refractivity (Wildman–Crippen MR) is 72.5 cm³/mol. The van der Waals surface area contributed by atoms with Crippen LogP contribution in [0, 0.1) is 0 Å². The van der Waals surface area contributed by atoms with Gasteiger partial charge in [-0.05, 0) is 34.5 Å². The van der Waals surface area contributed by atoms with Crippen molar-refractivity contribution in [3.8, 4) is 0 Å². The molecule has 2 aromatic rings. The van der Waals surface area contributed by atoms with Crippen molar-refractivity contribution in [2.24, 2.45) is 4.99 Å². The molecule has 0 saturated carbocycles. The molecule has 2 heterocycles. The molecule has 0 unspecified atom stereocenters. The molecule has 1 N–H and O–H groups in total. The summed E-state index contributed by atoms with van der Waals surface area (Å²) in [7, 11) is 0. The Morgan fingerprint density at radius 1 is 1.38 bits per heavy atom. The smallest absolute Gasteiger partial charge is 0.101 e. The highest BCUT2D eigenvalue weighted by Gasteiger charge is 2.11. The van der Waals surface area contributed by atoms with E-state index in [1.54, 1.807) is 11.3 Å². The fraction of sp³-hybridized carbons (Fsp3) is 0.273. The van der Waals surface area contributed by atoms with Crippen LogP contribution in [0.1, 0.15) is 12.8 Å². The number of nitrogens with one attached hydrogen (secondary N) is 1. The highest BCUT2D eigenvalue weighted by Crippen LogP contribution is 2.32. The van der Waals surface area contributed by atoms with E-state index in [0.717, 1.165) is 40.9 Å². The topological polar surface area (TPSA) is 37.3 Å². The molecule has 5 heteroatoms. The number of fused-ring (bicyclic) bond motifs is 1. The van der Waals surface area contributed by atoms with Crippen molar-refractivity contribution in [1.29, 1.82) is 0 Å². The highest BCUT2D eigenvalue weighted by atomic mass is 79.9. The maximum Gasteiger partial charge on any atom is 0.101 e. The van der Waals surface area contributed by atoms with Crippen LogP contribution in [-0.4, -0.2) is 17.4 Å². The molecule has 0 amide bonds. The number of hydrogen-bond acceptors (Lipinski definition) is 4. The molecule has 1 aliphatic heterocycles. The first-order chi connectivity index (χ1) is 7.84. The zero-order chi connectivity index (χ0) is 11.0. The average molecular weight is 296 g/mol. The zero-order valence-electron chi connectivity index (χ0n) is 8.53. The Balaban J connectivity index is 1.99. The molecule has 0 fully saturated rings. The van der Waals surface area contributed by atoms with Gasteiger partial charge in [0.05, 0.1) is 25.9 Å². The lowest BCUT2D eigenvalue weighted by molar-refractivity contribution is 0.951. The van der Waals surface area contributed by atoms with Gasteiger partial charge in [0.25, 0.3) is 0 Å². The Labute approximate surface area is 106 Å². The van der Waals surface area contributed by atoms with Gasteiger partial charge in [-0.3, -0.25) is 4.99 Å². The van der Waals surface area contributed by atoms with Crippen molar-refractivity contribution in [3.63, 3.8) is 0 Å². The van der Waals surface area contributed by atoms with E-state index in [9.17, 15) is 0 Å². The summed E-state index contributed by atoms with van der Waals surface area (Å²) in [5.74, 6) is 1.08. The van der Waals surface area contributed by atoms with E-state index in [4.69, 9.17) is 0 Å². The third-order valence-electron chi connectivity index (χ3n) is 2.59. The number of rotatable bonds is 1. The van der Waals surface area contributed by atoms with Crippen molar-refractivity contribution in [2.75, 3.05) is 11.9 Å².